The summed E-state index contributed by atoms with van der Waals surface area (Å²) in [5.41, 5.74) is 0.209. The van der Waals surface area contributed by atoms with Gasteiger partial charge in [0.2, 0.25) is 10.0 Å². The molecule has 1 aliphatic heterocycles. The highest BCUT2D eigenvalue weighted by Crippen LogP contribution is 2.19. The van der Waals surface area contributed by atoms with E-state index < -0.39 is 10.0 Å². The van der Waals surface area contributed by atoms with Crippen LogP contribution in [0, 0.1) is 11.3 Å². The van der Waals surface area contributed by atoms with Crippen molar-refractivity contribution in [2.75, 3.05) is 26.2 Å². The van der Waals surface area contributed by atoms with Crippen LogP contribution < -0.4 is 4.90 Å². The van der Waals surface area contributed by atoms with Crippen LogP contribution in [0.15, 0.2) is 46.7 Å². The molecule has 23 heavy (non-hydrogen) atoms. The van der Waals surface area contributed by atoms with Gasteiger partial charge in [0, 0.05) is 0 Å². The lowest BCUT2D eigenvalue weighted by molar-refractivity contribution is -0.917. The number of quaternary nitrogens is 1. The van der Waals surface area contributed by atoms with Gasteiger partial charge in [-0.15, -0.1) is 11.3 Å². The minimum absolute atomic E-state index is 0.115. The first kappa shape index (κ1) is 16.1. The number of nitriles is 1. The highest BCUT2D eigenvalue weighted by molar-refractivity contribution is 7.89. The van der Waals surface area contributed by atoms with E-state index in [1.54, 1.807) is 29.5 Å². The molecule has 3 rings (SSSR count). The zero-order valence-electron chi connectivity index (χ0n) is 12.6. The van der Waals surface area contributed by atoms with Crippen molar-refractivity contribution in [2.45, 2.75) is 11.4 Å². The smallest absolute Gasteiger partial charge is 0.244 e. The highest BCUT2D eigenvalue weighted by atomic mass is 32.2. The van der Waals surface area contributed by atoms with E-state index >= 15 is 0 Å². The van der Waals surface area contributed by atoms with Crippen LogP contribution in [-0.4, -0.2) is 38.9 Å². The van der Waals surface area contributed by atoms with Crippen molar-refractivity contribution in [1.82, 2.24) is 4.31 Å². The first-order valence-corrected chi connectivity index (χ1v) is 9.78. The zero-order chi connectivity index (χ0) is 16.3. The van der Waals surface area contributed by atoms with Gasteiger partial charge in [-0.3, -0.25) is 0 Å². The average molecular weight is 348 g/mol. The summed E-state index contributed by atoms with van der Waals surface area (Å²) < 4.78 is 27.0. The molecule has 0 amide bonds. The molecule has 0 atom stereocenters. The van der Waals surface area contributed by atoms with Gasteiger partial charge in [0.15, 0.2) is 0 Å². The number of thiophene rings is 1. The summed E-state index contributed by atoms with van der Waals surface area (Å²) >= 11 is 1.74. The van der Waals surface area contributed by atoms with Gasteiger partial charge in [-0.2, -0.15) is 9.57 Å². The molecule has 1 N–H and O–H groups in total. The van der Waals surface area contributed by atoms with Crippen LogP contribution in [-0.2, 0) is 16.6 Å². The lowest BCUT2D eigenvalue weighted by Gasteiger charge is -2.31. The molecule has 1 aromatic heterocycles. The minimum Gasteiger partial charge on any atom is -0.328 e. The standard InChI is InChI=1S/C16H17N3O2S2/c17-12-14-4-1-2-6-16(14)23(20,21)19-9-7-18(8-10-19)13-15-5-3-11-22-15/h1-6,11H,7-10,13H2/p+1. The van der Waals surface area contributed by atoms with E-state index in [0.717, 1.165) is 19.6 Å². The third-order valence-electron chi connectivity index (χ3n) is 4.06. The Morgan fingerprint density at radius 1 is 1.17 bits per heavy atom. The largest absolute Gasteiger partial charge is 0.328 e. The molecule has 0 aliphatic carbocycles. The second kappa shape index (κ2) is 6.81. The Balaban J connectivity index is 1.70. The summed E-state index contributed by atoms with van der Waals surface area (Å²) in [6.45, 7) is 3.49. The summed E-state index contributed by atoms with van der Waals surface area (Å²) in [7, 11) is -3.59. The Bertz CT molecular complexity index is 802. The maximum Gasteiger partial charge on any atom is 0.244 e. The predicted octanol–water partition coefficient (Wildman–Crippen LogP) is 0.709. The molecule has 1 aromatic carbocycles. The Morgan fingerprint density at radius 2 is 1.91 bits per heavy atom. The van der Waals surface area contributed by atoms with Gasteiger partial charge < -0.3 is 4.90 Å². The van der Waals surface area contributed by atoms with Crippen LogP contribution in [0.1, 0.15) is 10.4 Å². The number of rotatable bonds is 4. The lowest BCUT2D eigenvalue weighted by Crippen LogP contribution is -3.13. The zero-order valence-corrected chi connectivity index (χ0v) is 14.2. The lowest BCUT2D eigenvalue weighted by atomic mass is 10.2. The number of piperazine rings is 1. The van der Waals surface area contributed by atoms with Crippen LogP contribution in [0.5, 0.6) is 0 Å². The number of nitrogens with one attached hydrogen (secondary N) is 1. The van der Waals surface area contributed by atoms with E-state index in [4.69, 9.17) is 5.26 Å². The molecular weight excluding hydrogens is 330 g/mol. The van der Waals surface area contributed by atoms with Crippen molar-refractivity contribution in [3.05, 3.63) is 52.2 Å². The molecule has 1 fully saturated rings. The Labute approximate surface area is 140 Å². The number of benzene rings is 1. The van der Waals surface area contributed by atoms with E-state index in [0.29, 0.717) is 13.1 Å². The molecule has 0 bridgehead atoms. The van der Waals surface area contributed by atoms with Gasteiger partial charge in [0.25, 0.3) is 0 Å². The van der Waals surface area contributed by atoms with E-state index in [9.17, 15) is 8.42 Å². The van der Waals surface area contributed by atoms with Gasteiger partial charge in [-0.1, -0.05) is 18.2 Å². The predicted molar refractivity (Wildman–Crippen MR) is 88.6 cm³/mol. The van der Waals surface area contributed by atoms with Crippen LogP contribution in [0.3, 0.4) is 0 Å². The maximum atomic E-state index is 12.8. The maximum absolute atomic E-state index is 12.8. The van der Waals surface area contributed by atoms with E-state index in [1.807, 2.05) is 12.1 Å². The van der Waals surface area contributed by atoms with Crippen LogP contribution >= 0.6 is 11.3 Å². The van der Waals surface area contributed by atoms with Gasteiger partial charge in [0.05, 0.1) is 41.5 Å². The third kappa shape index (κ3) is 3.46. The molecule has 1 saturated heterocycles. The van der Waals surface area contributed by atoms with Crippen molar-refractivity contribution in [3.63, 3.8) is 0 Å². The SMILES string of the molecule is N#Cc1ccccc1S(=O)(=O)N1CC[NH+](Cc2cccs2)CC1. The molecule has 1 aliphatic rings. The summed E-state index contributed by atoms with van der Waals surface area (Å²) in [4.78, 5) is 2.84. The molecule has 5 nitrogen and oxygen atoms in total. The average Bonchev–Trinajstić information content (AvgIpc) is 3.08. The van der Waals surface area contributed by atoms with E-state index in [2.05, 4.69) is 11.4 Å². The number of hydrogen-bond acceptors (Lipinski definition) is 4. The first-order chi connectivity index (χ1) is 11.1. The quantitative estimate of drug-likeness (QED) is 0.885. The van der Waals surface area contributed by atoms with Crippen LogP contribution in [0.2, 0.25) is 0 Å². The van der Waals surface area contributed by atoms with E-state index in [1.165, 1.54) is 20.1 Å². The van der Waals surface area contributed by atoms with Gasteiger partial charge >= 0.3 is 0 Å². The summed E-state index contributed by atoms with van der Waals surface area (Å²) in [5, 5.41) is 11.2. The third-order valence-corrected chi connectivity index (χ3v) is 6.89. The number of hydrogen-bond donors (Lipinski definition) is 1. The fourth-order valence-corrected chi connectivity index (χ4v) is 5.16. The Morgan fingerprint density at radius 3 is 2.57 bits per heavy atom. The molecule has 0 unspecified atom stereocenters. The minimum atomic E-state index is -3.59. The fraction of sp³-hybridized carbons (Fsp3) is 0.312. The van der Waals surface area contributed by atoms with E-state index in [-0.39, 0.29) is 10.5 Å². The first-order valence-electron chi connectivity index (χ1n) is 7.46. The summed E-state index contributed by atoms with van der Waals surface area (Å²) in [6, 6.07) is 12.5. The van der Waals surface area contributed by atoms with Crippen LogP contribution in [0.25, 0.3) is 0 Å². The second-order valence-corrected chi connectivity index (χ2v) is 8.46. The summed E-state index contributed by atoms with van der Waals surface area (Å²) in [6.07, 6.45) is 0. The van der Waals surface area contributed by atoms with Crippen molar-refractivity contribution in [3.8, 4) is 6.07 Å². The Hall–Kier alpha value is -1.72. The van der Waals surface area contributed by atoms with Crippen molar-refractivity contribution >= 4 is 21.4 Å². The van der Waals surface area contributed by atoms with Gasteiger partial charge in [-0.25, -0.2) is 8.42 Å². The number of sulfonamides is 1. The van der Waals surface area contributed by atoms with Crippen molar-refractivity contribution in [2.24, 2.45) is 0 Å². The molecule has 120 valence electrons. The molecule has 0 saturated carbocycles. The monoisotopic (exact) mass is 348 g/mol. The van der Waals surface area contributed by atoms with Crippen molar-refractivity contribution < 1.29 is 13.3 Å². The molecule has 2 heterocycles. The molecule has 0 radical (unpaired) electrons. The summed E-state index contributed by atoms with van der Waals surface area (Å²) in [5.74, 6) is 0. The number of nitrogens with zero attached hydrogens (tertiary/aromatic N) is 2. The molecule has 7 heteroatoms. The Kier molecular flexibility index (Phi) is 4.78. The normalized spacial score (nSPS) is 17.0. The van der Waals surface area contributed by atoms with Gasteiger partial charge in [0.1, 0.15) is 12.6 Å². The van der Waals surface area contributed by atoms with Gasteiger partial charge in [-0.05, 0) is 23.6 Å². The topological polar surface area (TPSA) is 65.6 Å². The molecular formula is C16H18N3O2S2+. The van der Waals surface area contributed by atoms with Crippen LogP contribution in [0.4, 0.5) is 0 Å². The fourth-order valence-electron chi connectivity index (χ4n) is 2.80. The highest BCUT2D eigenvalue weighted by Gasteiger charge is 2.31. The second-order valence-electron chi connectivity index (χ2n) is 5.52. The molecule has 2 aromatic rings. The van der Waals surface area contributed by atoms with Crippen molar-refractivity contribution in [1.29, 1.82) is 5.26 Å². The molecule has 0 spiro atoms.